The monoisotopic (exact) mass is 375 g/mol. The third-order valence-electron chi connectivity index (χ3n) is 5.03. The molecule has 0 saturated carbocycles. The largest absolute Gasteiger partial charge is 0.392 e. The number of rotatable bonds is 6. The van der Waals surface area contributed by atoms with E-state index in [0.29, 0.717) is 13.1 Å². The zero-order valence-electron chi connectivity index (χ0n) is 16.0. The van der Waals surface area contributed by atoms with Crippen molar-refractivity contribution in [3.63, 3.8) is 0 Å². The van der Waals surface area contributed by atoms with Crippen molar-refractivity contribution in [3.8, 4) is 0 Å². The van der Waals surface area contributed by atoms with Crippen molar-refractivity contribution < 1.29 is 5.11 Å². The van der Waals surface area contributed by atoms with Crippen LogP contribution in [0.25, 0.3) is 0 Å². The van der Waals surface area contributed by atoms with Crippen LogP contribution in [0.3, 0.4) is 0 Å². The second-order valence-corrected chi connectivity index (χ2v) is 7.07. The molecule has 1 aromatic heterocycles. The predicted octanol–water partition coefficient (Wildman–Crippen LogP) is 2.56. The van der Waals surface area contributed by atoms with Gasteiger partial charge in [0.15, 0.2) is 5.96 Å². The fourth-order valence-corrected chi connectivity index (χ4v) is 3.40. The first-order valence-corrected chi connectivity index (χ1v) is 9.48. The summed E-state index contributed by atoms with van der Waals surface area (Å²) in [7, 11) is 2.03. The van der Waals surface area contributed by atoms with Crippen LogP contribution in [0.15, 0.2) is 72.0 Å². The van der Waals surface area contributed by atoms with E-state index >= 15 is 0 Å². The molecule has 28 heavy (non-hydrogen) atoms. The zero-order valence-corrected chi connectivity index (χ0v) is 16.0. The molecular weight excluding hydrogens is 350 g/mol. The maximum absolute atomic E-state index is 9.19. The van der Waals surface area contributed by atoms with Crippen LogP contribution in [-0.4, -0.2) is 39.1 Å². The van der Waals surface area contributed by atoms with Gasteiger partial charge in [-0.05, 0) is 16.7 Å². The number of aliphatic hydroxyl groups excluding tert-OH is 1. The SMILES string of the molecule is CN(Cc1nccn1Cc1ccccc1)C1=NCC(c2ccc(CO)cc2)N1. The fourth-order valence-electron chi connectivity index (χ4n) is 3.40. The van der Waals surface area contributed by atoms with Gasteiger partial charge in [0.05, 0.1) is 25.7 Å². The van der Waals surface area contributed by atoms with Crippen LogP contribution in [-0.2, 0) is 19.7 Å². The normalized spacial score (nSPS) is 15.9. The molecule has 144 valence electrons. The molecule has 1 aliphatic heterocycles. The summed E-state index contributed by atoms with van der Waals surface area (Å²) < 4.78 is 2.17. The summed E-state index contributed by atoms with van der Waals surface area (Å²) >= 11 is 0. The molecular formula is C22H25N5O. The lowest BCUT2D eigenvalue weighted by Gasteiger charge is -2.21. The third kappa shape index (κ3) is 4.07. The molecule has 0 spiro atoms. The van der Waals surface area contributed by atoms with Crippen molar-refractivity contribution in [3.05, 3.63) is 89.5 Å². The maximum Gasteiger partial charge on any atom is 0.194 e. The van der Waals surface area contributed by atoms with Crippen LogP contribution in [0.4, 0.5) is 0 Å². The van der Waals surface area contributed by atoms with Crippen molar-refractivity contribution in [1.29, 1.82) is 0 Å². The number of aromatic nitrogens is 2. The Bertz CT molecular complexity index is 933. The number of imidazole rings is 1. The Hall–Kier alpha value is -3.12. The van der Waals surface area contributed by atoms with Crippen LogP contribution in [0.1, 0.15) is 28.6 Å². The van der Waals surface area contributed by atoms with E-state index < -0.39 is 0 Å². The number of nitrogens with zero attached hydrogens (tertiary/aromatic N) is 4. The number of guanidine groups is 1. The Morgan fingerprint density at radius 2 is 1.89 bits per heavy atom. The van der Waals surface area contributed by atoms with Gasteiger partial charge in [-0.25, -0.2) is 4.98 Å². The van der Waals surface area contributed by atoms with Gasteiger partial charge >= 0.3 is 0 Å². The van der Waals surface area contributed by atoms with E-state index in [1.54, 1.807) is 0 Å². The van der Waals surface area contributed by atoms with Crippen LogP contribution >= 0.6 is 0 Å². The first-order chi connectivity index (χ1) is 13.7. The quantitative estimate of drug-likeness (QED) is 0.695. The summed E-state index contributed by atoms with van der Waals surface area (Å²) in [6, 6.07) is 18.6. The van der Waals surface area contributed by atoms with Crippen molar-refractivity contribution in [2.24, 2.45) is 4.99 Å². The van der Waals surface area contributed by atoms with Crippen molar-refractivity contribution in [2.75, 3.05) is 13.6 Å². The summed E-state index contributed by atoms with van der Waals surface area (Å²) in [4.78, 5) is 11.3. The molecule has 2 aromatic carbocycles. The average Bonchev–Trinajstić information content (AvgIpc) is 3.39. The Morgan fingerprint density at radius 3 is 2.64 bits per heavy atom. The van der Waals surface area contributed by atoms with Crippen LogP contribution in [0, 0.1) is 0 Å². The minimum absolute atomic E-state index is 0.0679. The Kier molecular flexibility index (Phi) is 5.39. The van der Waals surface area contributed by atoms with Gasteiger partial charge in [0.25, 0.3) is 0 Å². The highest BCUT2D eigenvalue weighted by atomic mass is 16.3. The van der Waals surface area contributed by atoms with Gasteiger partial charge in [-0.3, -0.25) is 4.99 Å². The lowest BCUT2D eigenvalue weighted by molar-refractivity contribution is 0.282. The molecule has 4 rings (SSSR count). The van der Waals surface area contributed by atoms with E-state index in [0.717, 1.165) is 23.9 Å². The van der Waals surface area contributed by atoms with Crippen LogP contribution in [0.5, 0.6) is 0 Å². The first-order valence-electron chi connectivity index (χ1n) is 9.48. The number of aliphatic hydroxyl groups is 1. The fraction of sp³-hybridized carbons (Fsp3) is 0.273. The molecule has 6 heteroatoms. The number of aliphatic imine (C=N–C) groups is 1. The molecule has 2 N–H and O–H groups in total. The van der Waals surface area contributed by atoms with E-state index in [2.05, 4.69) is 49.0 Å². The zero-order chi connectivity index (χ0) is 19.3. The third-order valence-corrected chi connectivity index (χ3v) is 5.03. The number of nitrogens with one attached hydrogen (secondary N) is 1. The van der Waals surface area contributed by atoms with Crippen molar-refractivity contribution in [1.82, 2.24) is 19.8 Å². The molecule has 0 saturated heterocycles. The molecule has 0 radical (unpaired) electrons. The molecule has 3 aromatic rings. The van der Waals surface area contributed by atoms with Gasteiger partial charge in [0.2, 0.25) is 0 Å². The topological polar surface area (TPSA) is 65.7 Å². The van der Waals surface area contributed by atoms with Gasteiger partial charge in [-0.1, -0.05) is 54.6 Å². The lowest BCUT2D eigenvalue weighted by atomic mass is 10.1. The van der Waals surface area contributed by atoms with Gasteiger partial charge in [-0.15, -0.1) is 0 Å². The molecule has 0 amide bonds. The van der Waals surface area contributed by atoms with E-state index in [-0.39, 0.29) is 12.6 Å². The number of benzene rings is 2. The Balaban J connectivity index is 1.38. The molecule has 6 nitrogen and oxygen atoms in total. The van der Waals surface area contributed by atoms with Gasteiger partial charge in [0, 0.05) is 26.0 Å². The van der Waals surface area contributed by atoms with E-state index in [1.807, 2.05) is 49.8 Å². The Labute approximate surface area is 165 Å². The second-order valence-electron chi connectivity index (χ2n) is 7.07. The molecule has 1 unspecified atom stereocenters. The van der Waals surface area contributed by atoms with Crippen molar-refractivity contribution in [2.45, 2.75) is 25.7 Å². The molecule has 1 aliphatic rings. The molecule has 0 fully saturated rings. The minimum Gasteiger partial charge on any atom is -0.392 e. The summed E-state index contributed by atoms with van der Waals surface area (Å²) in [5, 5.41) is 12.7. The smallest absolute Gasteiger partial charge is 0.194 e. The highest BCUT2D eigenvalue weighted by Crippen LogP contribution is 2.19. The van der Waals surface area contributed by atoms with Crippen molar-refractivity contribution >= 4 is 5.96 Å². The predicted molar refractivity (Wildman–Crippen MR) is 110 cm³/mol. The van der Waals surface area contributed by atoms with Gasteiger partial charge in [-0.2, -0.15) is 0 Å². The molecule has 1 atom stereocenters. The van der Waals surface area contributed by atoms with E-state index in [9.17, 15) is 5.11 Å². The minimum atomic E-state index is 0.0679. The molecule has 0 bridgehead atoms. The van der Waals surface area contributed by atoms with E-state index in [4.69, 9.17) is 0 Å². The van der Waals surface area contributed by atoms with Crippen LogP contribution < -0.4 is 5.32 Å². The molecule has 0 aliphatic carbocycles. The summed E-state index contributed by atoms with van der Waals surface area (Å²) in [5.74, 6) is 1.89. The Morgan fingerprint density at radius 1 is 1.11 bits per heavy atom. The highest BCUT2D eigenvalue weighted by molar-refractivity contribution is 5.81. The number of hydrogen-bond acceptors (Lipinski definition) is 5. The maximum atomic E-state index is 9.19. The van der Waals surface area contributed by atoms with Gasteiger partial charge < -0.3 is 19.9 Å². The lowest BCUT2D eigenvalue weighted by Crippen LogP contribution is -2.37. The second kappa shape index (κ2) is 8.27. The first kappa shape index (κ1) is 18.3. The average molecular weight is 375 g/mol. The summed E-state index contributed by atoms with van der Waals surface area (Å²) in [5.41, 5.74) is 3.35. The van der Waals surface area contributed by atoms with Gasteiger partial charge in [0.1, 0.15) is 5.82 Å². The standard InChI is InChI=1S/C22H25N5O/c1-26(15-21-23-11-12-27(21)14-17-5-3-2-4-6-17)22-24-13-20(25-22)19-9-7-18(16-28)8-10-19/h2-12,20,28H,13-16H2,1H3,(H,24,25). The van der Waals surface area contributed by atoms with E-state index in [1.165, 1.54) is 11.1 Å². The van der Waals surface area contributed by atoms with Crippen LogP contribution in [0.2, 0.25) is 0 Å². The summed E-state index contributed by atoms with van der Waals surface area (Å²) in [6.45, 7) is 2.26. The highest BCUT2D eigenvalue weighted by Gasteiger charge is 2.22. The molecule has 2 heterocycles. The summed E-state index contributed by atoms with van der Waals surface area (Å²) in [6.07, 6.45) is 3.87. The number of hydrogen-bond donors (Lipinski definition) is 2.